The van der Waals surface area contributed by atoms with Gasteiger partial charge in [-0.05, 0) is 25.7 Å². The Morgan fingerprint density at radius 3 is 2.33 bits per heavy atom. The molecule has 7 heteroatoms. The SMILES string of the molecule is CCCC1CCCCN1C(=O)C(F)(F)C(F)(F)F. The number of rotatable bonds is 3. The van der Waals surface area contributed by atoms with Crippen LogP contribution in [-0.2, 0) is 4.79 Å². The highest BCUT2D eigenvalue weighted by molar-refractivity contribution is 5.84. The normalized spacial score (nSPS) is 22.1. The van der Waals surface area contributed by atoms with Crippen LogP contribution in [0.2, 0.25) is 0 Å². The van der Waals surface area contributed by atoms with Gasteiger partial charge in [-0.3, -0.25) is 4.79 Å². The fraction of sp³-hybridized carbons (Fsp3) is 0.909. The molecule has 0 N–H and O–H groups in total. The number of hydrogen-bond donors (Lipinski definition) is 0. The molecule has 1 fully saturated rings. The zero-order valence-electron chi connectivity index (χ0n) is 10.1. The maximum atomic E-state index is 13.0. The molecule has 0 spiro atoms. The number of nitrogens with zero attached hydrogens (tertiary/aromatic N) is 1. The zero-order valence-corrected chi connectivity index (χ0v) is 10.1. The molecule has 0 aromatic rings. The number of likely N-dealkylation sites (tertiary alicyclic amines) is 1. The fourth-order valence-corrected chi connectivity index (χ4v) is 2.20. The van der Waals surface area contributed by atoms with E-state index in [1.807, 2.05) is 0 Å². The molecule has 0 aliphatic carbocycles. The van der Waals surface area contributed by atoms with Crippen molar-refractivity contribution in [2.75, 3.05) is 6.54 Å². The maximum absolute atomic E-state index is 13.0. The van der Waals surface area contributed by atoms with Gasteiger partial charge in [-0.2, -0.15) is 22.0 Å². The number of alkyl halides is 5. The van der Waals surface area contributed by atoms with Gasteiger partial charge < -0.3 is 4.90 Å². The lowest BCUT2D eigenvalue weighted by atomic mass is 9.97. The van der Waals surface area contributed by atoms with Gasteiger partial charge >= 0.3 is 18.0 Å². The second kappa shape index (κ2) is 5.40. The van der Waals surface area contributed by atoms with Crippen molar-refractivity contribution in [1.82, 2.24) is 4.90 Å². The van der Waals surface area contributed by atoms with Gasteiger partial charge in [0.25, 0.3) is 0 Å². The Hall–Kier alpha value is -0.880. The van der Waals surface area contributed by atoms with Crippen molar-refractivity contribution in [3.05, 3.63) is 0 Å². The van der Waals surface area contributed by atoms with Gasteiger partial charge in [0.15, 0.2) is 0 Å². The Morgan fingerprint density at radius 2 is 1.83 bits per heavy atom. The predicted molar refractivity (Wildman–Crippen MR) is 55.3 cm³/mol. The smallest absolute Gasteiger partial charge is 0.334 e. The summed E-state index contributed by atoms with van der Waals surface area (Å²) in [6, 6.07) is -0.496. The lowest BCUT2D eigenvalue weighted by Gasteiger charge is -2.37. The fourth-order valence-electron chi connectivity index (χ4n) is 2.20. The van der Waals surface area contributed by atoms with E-state index in [0.717, 1.165) is 6.42 Å². The number of piperidine rings is 1. The van der Waals surface area contributed by atoms with Crippen LogP contribution in [0.5, 0.6) is 0 Å². The number of carbonyl (C=O) groups excluding carboxylic acids is 1. The third-order valence-corrected chi connectivity index (χ3v) is 3.13. The highest BCUT2D eigenvalue weighted by atomic mass is 19.4. The third kappa shape index (κ3) is 2.92. The van der Waals surface area contributed by atoms with E-state index in [4.69, 9.17) is 0 Å². The molecule has 0 bridgehead atoms. The van der Waals surface area contributed by atoms with Crippen molar-refractivity contribution in [3.8, 4) is 0 Å². The van der Waals surface area contributed by atoms with Crippen LogP contribution in [0.15, 0.2) is 0 Å². The van der Waals surface area contributed by atoms with E-state index in [2.05, 4.69) is 0 Å². The van der Waals surface area contributed by atoms with E-state index in [9.17, 15) is 26.7 Å². The van der Waals surface area contributed by atoms with Crippen LogP contribution < -0.4 is 0 Å². The first-order valence-electron chi connectivity index (χ1n) is 5.97. The van der Waals surface area contributed by atoms with Crippen molar-refractivity contribution >= 4 is 5.91 Å². The number of halogens is 5. The Bertz CT molecular complexity index is 300. The van der Waals surface area contributed by atoms with Gasteiger partial charge in [0, 0.05) is 12.6 Å². The topological polar surface area (TPSA) is 20.3 Å². The van der Waals surface area contributed by atoms with Gasteiger partial charge in [-0.1, -0.05) is 13.3 Å². The molecular formula is C11H16F5NO. The highest BCUT2D eigenvalue weighted by Gasteiger charge is 2.65. The maximum Gasteiger partial charge on any atom is 0.463 e. The second-order valence-electron chi connectivity index (χ2n) is 4.51. The lowest BCUT2D eigenvalue weighted by molar-refractivity contribution is -0.275. The van der Waals surface area contributed by atoms with Gasteiger partial charge in [0.1, 0.15) is 0 Å². The summed E-state index contributed by atoms with van der Waals surface area (Å²) in [4.78, 5) is 12.1. The van der Waals surface area contributed by atoms with Crippen molar-refractivity contribution in [3.63, 3.8) is 0 Å². The van der Waals surface area contributed by atoms with Crippen LogP contribution in [0.25, 0.3) is 0 Å². The molecule has 2 nitrogen and oxygen atoms in total. The van der Waals surface area contributed by atoms with Crippen LogP contribution in [-0.4, -0.2) is 35.5 Å². The predicted octanol–water partition coefficient (Wildman–Crippen LogP) is 3.37. The molecule has 1 saturated heterocycles. The summed E-state index contributed by atoms with van der Waals surface area (Å²) in [5, 5.41) is 0. The standard InChI is InChI=1S/C11H16F5NO/c1-2-5-8-6-3-4-7-17(8)9(18)10(12,13)11(14,15)16/h8H,2-7H2,1H3. The Morgan fingerprint density at radius 1 is 1.22 bits per heavy atom. The first kappa shape index (κ1) is 15.2. The molecular weight excluding hydrogens is 257 g/mol. The van der Waals surface area contributed by atoms with Gasteiger partial charge in [0.05, 0.1) is 0 Å². The van der Waals surface area contributed by atoms with E-state index in [0.29, 0.717) is 30.6 Å². The van der Waals surface area contributed by atoms with E-state index >= 15 is 0 Å². The Balaban J connectivity index is 2.86. The lowest BCUT2D eigenvalue weighted by Crippen LogP contribution is -2.56. The zero-order chi connectivity index (χ0) is 14.0. The Labute approximate surface area is 102 Å². The molecule has 1 unspecified atom stereocenters. The summed E-state index contributed by atoms with van der Waals surface area (Å²) in [5.74, 6) is -7.38. The van der Waals surface area contributed by atoms with Gasteiger partial charge in [0.2, 0.25) is 0 Å². The van der Waals surface area contributed by atoms with Crippen LogP contribution in [0.1, 0.15) is 39.0 Å². The summed E-state index contributed by atoms with van der Waals surface area (Å²) >= 11 is 0. The molecule has 1 aliphatic rings. The molecule has 0 radical (unpaired) electrons. The first-order chi connectivity index (χ1) is 8.21. The summed E-state index contributed by atoms with van der Waals surface area (Å²) in [6.07, 6.45) is -3.00. The van der Waals surface area contributed by atoms with Gasteiger partial charge in [-0.15, -0.1) is 0 Å². The van der Waals surface area contributed by atoms with E-state index in [1.165, 1.54) is 0 Å². The average molecular weight is 273 g/mol. The Kier molecular flexibility index (Phi) is 4.55. The van der Waals surface area contributed by atoms with Crippen LogP contribution in [0.3, 0.4) is 0 Å². The van der Waals surface area contributed by atoms with Crippen LogP contribution in [0, 0.1) is 0 Å². The molecule has 1 heterocycles. The molecule has 1 amide bonds. The molecule has 0 saturated carbocycles. The number of amides is 1. The summed E-state index contributed by atoms with van der Waals surface area (Å²) in [6.45, 7) is 1.79. The van der Waals surface area contributed by atoms with Gasteiger partial charge in [-0.25, -0.2) is 0 Å². The molecule has 1 atom stereocenters. The van der Waals surface area contributed by atoms with E-state index in [1.54, 1.807) is 6.92 Å². The average Bonchev–Trinajstić information content (AvgIpc) is 2.28. The van der Waals surface area contributed by atoms with Crippen molar-refractivity contribution in [2.24, 2.45) is 0 Å². The molecule has 0 aromatic heterocycles. The largest absolute Gasteiger partial charge is 0.463 e. The van der Waals surface area contributed by atoms with Crippen molar-refractivity contribution in [2.45, 2.75) is 57.2 Å². The summed E-state index contributed by atoms with van der Waals surface area (Å²) in [5.41, 5.74) is 0. The quantitative estimate of drug-likeness (QED) is 0.722. The van der Waals surface area contributed by atoms with Crippen LogP contribution in [0.4, 0.5) is 22.0 Å². The van der Waals surface area contributed by atoms with Crippen LogP contribution >= 0.6 is 0 Å². The first-order valence-corrected chi connectivity index (χ1v) is 5.97. The number of hydrogen-bond acceptors (Lipinski definition) is 1. The monoisotopic (exact) mass is 273 g/mol. The molecule has 1 aliphatic heterocycles. The highest BCUT2D eigenvalue weighted by Crippen LogP contribution is 2.38. The van der Waals surface area contributed by atoms with E-state index in [-0.39, 0.29) is 6.54 Å². The third-order valence-electron chi connectivity index (χ3n) is 3.13. The molecule has 1 rings (SSSR count). The summed E-state index contributed by atoms with van der Waals surface area (Å²) in [7, 11) is 0. The number of carbonyl (C=O) groups is 1. The molecule has 106 valence electrons. The van der Waals surface area contributed by atoms with E-state index < -0.39 is 24.0 Å². The molecule has 0 aromatic carbocycles. The van der Waals surface area contributed by atoms with Crippen molar-refractivity contribution in [1.29, 1.82) is 0 Å². The van der Waals surface area contributed by atoms with Crippen molar-refractivity contribution < 1.29 is 26.7 Å². The minimum Gasteiger partial charge on any atom is -0.334 e. The summed E-state index contributed by atoms with van der Waals surface area (Å²) < 4.78 is 62.5. The minimum atomic E-state index is -5.82. The molecule has 18 heavy (non-hydrogen) atoms. The second-order valence-corrected chi connectivity index (χ2v) is 4.51. The minimum absolute atomic E-state index is 0.0187.